The van der Waals surface area contributed by atoms with E-state index in [2.05, 4.69) is 15.0 Å². The summed E-state index contributed by atoms with van der Waals surface area (Å²) in [7, 11) is -1.95. The van der Waals surface area contributed by atoms with Gasteiger partial charge in [-0.2, -0.15) is 0 Å². The van der Waals surface area contributed by atoms with Crippen LogP contribution in [0.1, 0.15) is 0 Å². The molecule has 16 heavy (non-hydrogen) atoms. The molecule has 1 aromatic rings. The molecule has 0 unspecified atom stereocenters. The molecule has 0 aliphatic heterocycles. The summed E-state index contributed by atoms with van der Waals surface area (Å²) in [6.07, 6.45) is 1.12. The molecule has 0 saturated carbocycles. The molecule has 0 amide bonds. The summed E-state index contributed by atoms with van der Waals surface area (Å²) in [6.45, 7) is 0.147. The van der Waals surface area contributed by atoms with Crippen molar-refractivity contribution in [2.24, 2.45) is 0 Å². The fourth-order valence-electron chi connectivity index (χ4n) is 0.826. The zero-order valence-electron chi connectivity index (χ0n) is 8.34. The summed E-state index contributed by atoms with van der Waals surface area (Å²) in [4.78, 5) is 13.5. The first-order valence-corrected chi connectivity index (χ1v) is 6.67. The summed E-state index contributed by atoms with van der Waals surface area (Å²) < 4.78 is 24.2. The Morgan fingerprint density at radius 3 is 2.81 bits per heavy atom. The number of anilines is 1. The van der Waals surface area contributed by atoms with Crippen LogP contribution in [0.15, 0.2) is 6.20 Å². The number of rotatable bonds is 6. The van der Waals surface area contributed by atoms with Gasteiger partial charge < -0.3 is 5.32 Å². The Labute approximate surface area is 95.9 Å². The van der Waals surface area contributed by atoms with Crippen molar-refractivity contribution < 1.29 is 13.3 Å². The van der Waals surface area contributed by atoms with Gasteiger partial charge in [0.1, 0.15) is 6.20 Å². The van der Waals surface area contributed by atoms with Crippen LogP contribution in [0.25, 0.3) is 0 Å². The van der Waals surface area contributed by atoms with Crippen molar-refractivity contribution in [3.05, 3.63) is 16.3 Å². The molecule has 1 rings (SSSR count). The maximum Gasteiger partial charge on any atom is 0.345 e. The van der Waals surface area contributed by atoms with Crippen LogP contribution in [-0.4, -0.2) is 37.7 Å². The quantitative estimate of drug-likeness (QED) is 0.554. The van der Waals surface area contributed by atoms with E-state index < -0.39 is 14.9 Å². The van der Waals surface area contributed by atoms with Gasteiger partial charge in [-0.15, -0.1) is 0 Å². The second kappa shape index (κ2) is 5.18. The lowest BCUT2D eigenvalue weighted by atomic mass is 10.7. The molecule has 0 aliphatic carbocycles. The predicted octanol–water partition coefficient (Wildman–Crippen LogP) is 0.0124. The molecule has 0 bridgehead atoms. The molecule has 1 aromatic heterocycles. The number of thiazole rings is 1. The van der Waals surface area contributed by atoms with Crippen molar-refractivity contribution in [2.75, 3.05) is 24.7 Å². The Morgan fingerprint density at radius 1 is 1.62 bits per heavy atom. The minimum Gasteiger partial charge on any atom is -0.360 e. The van der Waals surface area contributed by atoms with Gasteiger partial charge in [0.15, 0.2) is 5.13 Å². The molecule has 10 heteroatoms. The summed E-state index contributed by atoms with van der Waals surface area (Å²) >= 11 is 0.863. The zero-order chi connectivity index (χ0) is 12.2. The largest absolute Gasteiger partial charge is 0.360 e. The Hall–Kier alpha value is -1.26. The zero-order valence-corrected chi connectivity index (χ0v) is 9.97. The van der Waals surface area contributed by atoms with Crippen molar-refractivity contribution in [3.63, 3.8) is 0 Å². The van der Waals surface area contributed by atoms with E-state index in [0.29, 0.717) is 5.13 Å². The van der Waals surface area contributed by atoms with Gasteiger partial charge >= 0.3 is 5.00 Å². The summed E-state index contributed by atoms with van der Waals surface area (Å²) in [5.74, 6) is -0.114. The standard InChI is InChI=1S/C6H10N4O4S2/c1-7-16(13,14)3-2-8-6-9-4-5(15-6)10(11)12/h4,7H,2-3H2,1H3,(H,8,9). The molecule has 0 aromatic carbocycles. The lowest BCUT2D eigenvalue weighted by Crippen LogP contribution is -2.26. The summed E-state index contributed by atoms with van der Waals surface area (Å²) in [6, 6.07) is 0. The highest BCUT2D eigenvalue weighted by molar-refractivity contribution is 7.89. The van der Waals surface area contributed by atoms with Crippen LogP contribution < -0.4 is 10.0 Å². The average molecular weight is 266 g/mol. The van der Waals surface area contributed by atoms with Gasteiger partial charge in [-0.3, -0.25) is 10.1 Å². The van der Waals surface area contributed by atoms with Crippen LogP contribution in [0.2, 0.25) is 0 Å². The van der Waals surface area contributed by atoms with Crippen LogP contribution >= 0.6 is 11.3 Å². The van der Waals surface area contributed by atoms with Crippen molar-refractivity contribution in [2.45, 2.75) is 0 Å². The Morgan fingerprint density at radius 2 is 2.31 bits per heavy atom. The highest BCUT2D eigenvalue weighted by atomic mass is 32.2. The number of sulfonamides is 1. The normalized spacial score (nSPS) is 11.3. The fraction of sp³-hybridized carbons (Fsp3) is 0.500. The van der Waals surface area contributed by atoms with Gasteiger partial charge in [0.05, 0.1) is 10.7 Å². The van der Waals surface area contributed by atoms with Gasteiger partial charge in [0.2, 0.25) is 10.0 Å². The van der Waals surface area contributed by atoms with Crippen LogP contribution in [0.5, 0.6) is 0 Å². The van der Waals surface area contributed by atoms with E-state index in [-0.39, 0.29) is 17.3 Å². The third kappa shape index (κ3) is 3.72. The van der Waals surface area contributed by atoms with E-state index in [1.165, 1.54) is 7.05 Å². The van der Waals surface area contributed by atoms with Crippen LogP contribution in [0, 0.1) is 10.1 Å². The van der Waals surface area contributed by atoms with E-state index in [1.54, 1.807) is 0 Å². The maximum absolute atomic E-state index is 11.0. The predicted molar refractivity (Wildman–Crippen MR) is 60.1 cm³/mol. The molecular formula is C6H10N4O4S2. The van der Waals surface area contributed by atoms with E-state index in [1.807, 2.05) is 0 Å². The number of nitro groups is 1. The average Bonchev–Trinajstić information content (AvgIpc) is 2.66. The third-order valence-electron chi connectivity index (χ3n) is 1.63. The highest BCUT2D eigenvalue weighted by Crippen LogP contribution is 2.24. The molecule has 0 saturated heterocycles. The SMILES string of the molecule is CNS(=O)(=O)CCNc1ncc([N+](=O)[O-])s1. The first kappa shape index (κ1) is 12.8. The minimum absolute atomic E-state index is 0.0843. The first-order chi connectivity index (χ1) is 7.44. The van der Waals surface area contributed by atoms with Crippen molar-refractivity contribution in [1.29, 1.82) is 0 Å². The molecular weight excluding hydrogens is 256 g/mol. The summed E-state index contributed by atoms with van der Waals surface area (Å²) in [5.41, 5.74) is 0. The monoisotopic (exact) mass is 266 g/mol. The molecule has 1 heterocycles. The Balaban J connectivity index is 2.46. The van der Waals surface area contributed by atoms with E-state index in [9.17, 15) is 18.5 Å². The number of nitrogens with one attached hydrogen (secondary N) is 2. The lowest BCUT2D eigenvalue weighted by Gasteiger charge is -2.02. The molecule has 0 radical (unpaired) electrons. The highest BCUT2D eigenvalue weighted by Gasteiger charge is 2.12. The molecule has 90 valence electrons. The van der Waals surface area contributed by atoms with E-state index in [4.69, 9.17) is 0 Å². The number of hydrogen-bond acceptors (Lipinski definition) is 7. The lowest BCUT2D eigenvalue weighted by molar-refractivity contribution is -0.380. The van der Waals surface area contributed by atoms with Gasteiger partial charge in [0, 0.05) is 6.54 Å². The van der Waals surface area contributed by atoms with Crippen molar-refractivity contribution >= 4 is 31.5 Å². The van der Waals surface area contributed by atoms with Crippen molar-refractivity contribution in [3.8, 4) is 0 Å². The molecule has 0 fully saturated rings. The third-order valence-corrected chi connectivity index (χ3v) is 3.90. The van der Waals surface area contributed by atoms with Crippen LogP contribution in [-0.2, 0) is 10.0 Å². The molecule has 0 aliphatic rings. The van der Waals surface area contributed by atoms with Crippen molar-refractivity contribution in [1.82, 2.24) is 9.71 Å². The van der Waals surface area contributed by atoms with E-state index >= 15 is 0 Å². The molecule has 8 nitrogen and oxygen atoms in total. The second-order valence-corrected chi connectivity index (χ2v) is 5.77. The Kier molecular flexibility index (Phi) is 4.15. The summed E-state index contributed by atoms with van der Waals surface area (Å²) in [5, 5.41) is 13.3. The molecule has 0 spiro atoms. The van der Waals surface area contributed by atoms with E-state index in [0.717, 1.165) is 17.5 Å². The van der Waals surface area contributed by atoms with Gasteiger partial charge in [-0.25, -0.2) is 18.1 Å². The maximum atomic E-state index is 11.0. The molecule has 0 atom stereocenters. The first-order valence-electron chi connectivity index (χ1n) is 4.20. The van der Waals surface area contributed by atoms with Crippen LogP contribution in [0.4, 0.5) is 10.1 Å². The smallest absolute Gasteiger partial charge is 0.345 e. The van der Waals surface area contributed by atoms with Gasteiger partial charge in [-0.1, -0.05) is 0 Å². The van der Waals surface area contributed by atoms with Gasteiger partial charge in [0.25, 0.3) is 0 Å². The number of nitrogens with zero attached hydrogens (tertiary/aromatic N) is 2. The number of hydrogen-bond donors (Lipinski definition) is 2. The van der Waals surface area contributed by atoms with Gasteiger partial charge in [-0.05, 0) is 18.4 Å². The number of aromatic nitrogens is 1. The topological polar surface area (TPSA) is 114 Å². The Bertz CT molecular complexity index is 469. The van der Waals surface area contributed by atoms with Crippen LogP contribution in [0.3, 0.4) is 0 Å². The minimum atomic E-state index is -3.27. The molecule has 2 N–H and O–H groups in total. The second-order valence-electron chi connectivity index (χ2n) is 2.71. The fourth-order valence-corrected chi connectivity index (χ4v) is 2.06.